The Balaban J connectivity index is 2.35. The van der Waals surface area contributed by atoms with Crippen molar-refractivity contribution in [2.75, 3.05) is 33.3 Å². The summed E-state index contributed by atoms with van der Waals surface area (Å²) < 4.78 is 5.45. The molecule has 1 unspecified atom stereocenters. The van der Waals surface area contributed by atoms with Crippen LogP contribution in [-0.4, -0.2) is 50.2 Å². The molecule has 0 bridgehead atoms. The van der Waals surface area contributed by atoms with E-state index >= 15 is 0 Å². The molecule has 94 valence electrons. The van der Waals surface area contributed by atoms with Crippen LogP contribution in [0, 0.1) is 5.41 Å². The molecule has 0 aromatic rings. The third kappa shape index (κ3) is 3.46. The van der Waals surface area contributed by atoms with Crippen LogP contribution in [0.15, 0.2) is 0 Å². The van der Waals surface area contributed by atoms with Crippen molar-refractivity contribution in [3.63, 3.8) is 0 Å². The van der Waals surface area contributed by atoms with Crippen LogP contribution in [0.2, 0.25) is 0 Å². The molecule has 0 aromatic heterocycles. The molecule has 1 N–H and O–H groups in total. The Kier molecular flexibility index (Phi) is 4.74. The minimum Gasteiger partial charge on any atom is -0.377 e. The van der Waals surface area contributed by atoms with Gasteiger partial charge in [0, 0.05) is 20.1 Å². The third-order valence-electron chi connectivity index (χ3n) is 3.11. The maximum absolute atomic E-state index is 12.2. The second kappa shape index (κ2) is 5.64. The van der Waals surface area contributed by atoms with E-state index in [1.807, 2.05) is 27.8 Å². The zero-order valence-electron chi connectivity index (χ0n) is 10.9. The summed E-state index contributed by atoms with van der Waals surface area (Å²) in [5, 5.41) is 3.24. The van der Waals surface area contributed by atoms with Gasteiger partial charge in [0.1, 0.15) is 0 Å². The summed E-state index contributed by atoms with van der Waals surface area (Å²) in [5.74, 6) is 0.227. The fourth-order valence-corrected chi connectivity index (χ4v) is 1.99. The van der Waals surface area contributed by atoms with E-state index < -0.39 is 0 Å². The zero-order chi connectivity index (χ0) is 12.2. The summed E-state index contributed by atoms with van der Waals surface area (Å²) in [5.41, 5.74) is -0.216. The van der Waals surface area contributed by atoms with Crippen molar-refractivity contribution in [3.8, 4) is 0 Å². The lowest BCUT2D eigenvalue weighted by molar-refractivity contribution is -0.139. The van der Waals surface area contributed by atoms with Crippen LogP contribution < -0.4 is 5.32 Å². The van der Waals surface area contributed by atoms with Gasteiger partial charge in [-0.2, -0.15) is 0 Å². The first-order valence-electron chi connectivity index (χ1n) is 6.03. The molecule has 1 amide bonds. The number of carbonyl (C=O) groups excluding carboxylic acids is 1. The molecular weight excluding hydrogens is 204 g/mol. The lowest BCUT2D eigenvalue weighted by Crippen LogP contribution is -2.43. The van der Waals surface area contributed by atoms with Gasteiger partial charge in [0.05, 0.1) is 18.1 Å². The lowest BCUT2D eigenvalue weighted by Gasteiger charge is -2.28. The second-order valence-electron chi connectivity index (χ2n) is 5.13. The molecule has 4 heteroatoms. The van der Waals surface area contributed by atoms with Gasteiger partial charge in [-0.3, -0.25) is 4.79 Å². The van der Waals surface area contributed by atoms with Crippen LogP contribution in [0.4, 0.5) is 0 Å². The molecule has 0 saturated carbocycles. The van der Waals surface area contributed by atoms with E-state index in [9.17, 15) is 4.79 Å². The summed E-state index contributed by atoms with van der Waals surface area (Å²) in [4.78, 5) is 14.0. The number of likely N-dealkylation sites (N-methyl/N-ethyl adjacent to an activating group) is 1. The average molecular weight is 228 g/mol. The molecule has 0 aromatic carbocycles. The smallest absolute Gasteiger partial charge is 0.229 e. The maximum atomic E-state index is 12.2. The van der Waals surface area contributed by atoms with Crippen molar-refractivity contribution in [3.05, 3.63) is 0 Å². The minimum atomic E-state index is -0.216. The summed E-state index contributed by atoms with van der Waals surface area (Å²) in [6.45, 7) is 9.07. The van der Waals surface area contributed by atoms with E-state index in [2.05, 4.69) is 5.32 Å². The van der Waals surface area contributed by atoms with E-state index in [4.69, 9.17) is 4.74 Å². The van der Waals surface area contributed by atoms with Gasteiger partial charge in [-0.15, -0.1) is 0 Å². The number of nitrogens with zero attached hydrogens (tertiary/aromatic N) is 1. The van der Waals surface area contributed by atoms with Gasteiger partial charge in [-0.25, -0.2) is 0 Å². The number of hydrogen-bond donors (Lipinski definition) is 1. The number of rotatable bonds is 5. The zero-order valence-corrected chi connectivity index (χ0v) is 10.9. The lowest BCUT2D eigenvalue weighted by atomic mass is 9.88. The number of hydrogen-bond acceptors (Lipinski definition) is 3. The Morgan fingerprint density at radius 3 is 2.75 bits per heavy atom. The molecule has 1 fully saturated rings. The van der Waals surface area contributed by atoms with Gasteiger partial charge in [-0.1, -0.05) is 0 Å². The Labute approximate surface area is 98.3 Å². The summed E-state index contributed by atoms with van der Waals surface area (Å²) in [6.07, 6.45) is 1.16. The molecule has 1 saturated heterocycles. The maximum Gasteiger partial charge on any atom is 0.229 e. The highest BCUT2D eigenvalue weighted by molar-refractivity contribution is 5.82. The van der Waals surface area contributed by atoms with Crippen molar-refractivity contribution >= 4 is 5.91 Å². The quantitative estimate of drug-likeness (QED) is 0.759. The van der Waals surface area contributed by atoms with Crippen molar-refractivity contribution in [2.45, 2.75) is 33.3 Å². The molecule has 1 aliphatic rings. The highest BCUT2D eigenvalue weighted by Crippen LogP contribution is 2.26. The van der Waals surface area contributed by atoms with Crippen molar-refractivity contribution in [1.29, 1.82) is 0 Å². The molecular formula is C12H24N2O2. The highest BCUT2D eigenvalue weighted by atomic mass is 16.5. The summed E-state index contributed by atoms with van der Waals surface area (Å²) in [6, 6.07) is 0. The Morgan fingerprint density at radius 1 is 1.56 bits per heavy atom. The molecule has 1 rings (SSSR count). The number of nitrogens with one attached hydrogen (secondary N) is 1. The third-order valence-corrected chi connectivity index (χ3v) is 3.11. The minimum absolute atomic E-state index is 0.216. The second-order valence-corrected chi connectivity index (χ2v) is 5.13. The van der Waals surface area contributed by atoms with Crippen molar-refractivity contribution in [1.82, 2.24) is 10.2 Å². The van der Waals surface area contributed by atoms with Gasteiger partial charge in [-0.05, 0) is 33.7 Å². The van der Waals surface area contributed by atoms with Gasteiger partial charge < -0.3 is 15.0 Å². The molecule has 0 aliphatic carbocycles. The van der Waals surface area contributed by atoms with Crippen LogP contribution >= 0.6 is 0 Å². The first-order chi connectivity index (χ1) is 7.46. The molecule has 4 nitrogen and oxygen atoms in total. The Bertz CT molecular complexity index is 235. The Hall–Kier alpha value is -0.610. The topological polar surface area (TPSA) is 41.6 Å². The molecule has 0 radical (unpaired) electrons. The van der Waals surface area contributed by atoms with Gasteiger partial charge in [0.2, 0.25) is 5.91 Å². The predicted octanol–water partition coefficient (Wildman–Crippen LogP) is 0.869. The summed E-state index contributed by atoms with van der Waals surface area (Å²) >= 11 is 0. The average Bonchev–Trinajstić information content (AvgIpc) is 2.64. The van der Waals surface area contributed by atoms with Crippen molar-refractivity contribution in [2.24, 2.45) is 5.41 Å². The fourth-order valence-electron chi connectivity index (χ4n) is 1.99. The van der Waals surface area contributed by atoms with Crippen molar-refractivity contribution < 1.29 is 9.53 Å². The first-order valence-corrected chi connectivity index (χ1v) is 6.03. The summed E-state index contributed by atoms with van der Waals surface area (Å²) in [7, 11) is 1.86. The van der Waals surface area contributed by atoms with Gasteiger partial charge in [0.15, 0.2) is 0 Å². The van der Waals surface area contributed by atoms with Crippen LogP contribution in [-0.2, 0) is 9.53 Å². The molecule has 0 spiro atoms. The molecule has 1 atom stereocenters. The van der Waals surface area contributed by atoms with E-state index in [0.29, 0.717) is 13.2 Å². The normalized spacial score (nSPS) is 25.1. The number of carbonyl (C=O) groups is 1. The van der Waals surface area contributed by atoms with Crippen LogP contribution in [0.3, 0.4) is 0 Å². The van der Waals surface area contributed by atoms with Gasteiger partial charge >= 0.3 is 0 Å². The largest absolute Gasteiger partial charge is 0.377 e. The first kappa shape index (κ1) is 13.5. The predicted molar refractivity (Wildman–Crippen MR) is 64.3 cm³/mol. The van der Waals surface area contributed by atoms with E-state index in [1.54, 1.807) is 4.90 Å². The number of ether oxygens (including phenoxy) is 1. The van der Waals surface area contributed by atoms with E-state index in [1.165, 1.54) is 0 Å². The van der Waals surface area contributed by atoms with Crippen LogP contribution in [0.1, 0.15) is 27.2 Å². The SMILES string of the molecule is CC(C)OCCN(C)C(=O)C1(C)CCNC1. The van der Waals surface area contributed by atoms with E-state index in [0.717, 1.165) is 19.5 Å². The van der Waals surface area contributed by atoms with E-state index in [-0.39, 0.29) is 17.4 Å². The number of amides is 1. The Morgan fingerprint density at radius 2 is 2.25 bits per heavy atom. The highest BCUT2D eigenvalue weighted by Gasteiger charge is 2.37. The monoisotopic (exact) mass is 228 g/mol. The van der Waals surface area contributed by atoms with Crippen LogP contribution in [0.25, 0.3) is 0 Å². The fraction of sp³-hybridized carbons (Fsp3) is 0.917. The van der Waals surface area contributed by atoms with Gasteiger partial charge in [0.25, 0.3) is 0 Å². The molecule has 1 aliphatic heterocycles. The van der Waals surface area contributed by atoms with Crippen LogP contribution in [0.5, 0.6) is 0 Å². The molecule has 16 heavy (non-hydrogen) atoms. The standard InChI is InChI=1S/C12H24N2O2/c1-10(2)16-8-7-14(4)11(15)12(3)5-6-13-9-12/h10,13H,5-9H2,1-4H3. The molecule has 1 heterocycles.